The predicted molar refractivity (Wildman–Crippen MR) is 55.5 cm³/mol. The molecule has 92 valence electrons. The Morgan fingerprint density at radius 1 is 1.33 bits per heavy atom. The molecule has 18 heavy (non-hydrogen) atoms. The van der Waals surface area contributed by atoms with Gasteiger partial charge < -0.3 is 5.73 Å². The third kappa shape index (κ3) is 1.98. The molecule has 2 heterocycles. The van der Waals surface area contributed by atoms with Gasteiger partial charge in [-0.1, -0.05) is 0 Å². The highest BCUT2D eigenvalue weighted by atomic mass is 19.4. The van der Waals surface area contributed by atoms with Gasteiger partial charge in [0.25, 0.3) is 0 Å². The summed E-state index contributed by atoms with van der Waals surface area (Å²) in [5.41, 5.74) is 4.68. The number of aromatic nitrogens is 3. The maximum atomic E-state index is 12.4. The molecule has 2 rings (SSSR count). The number of anilines is 1. The summed E-state index contributed by atoms with van der Waals surface area (Å²) >= 11 is 0. The molecule has 0 unspecified atom stereocenters. The van der Waals surface area contributed by atoms with E-state index in [-0.39, 0.29) is 17.1 Å². The van der Waals surface area contributed by atoms with Gasteiger partial charge in [-0.25, -0.2) is 9.67 Å². The van der Waals surface area contributed by atoms with Gasteiger partial charge in [0.05, 0.1) is 11.3 Å². The second-order valence-corrected chi connectivity index (χ2v) is 3.35. The van der Waals surface area contributed by atoms with Crippen LogP contribution in [0.5, 0.6) is 0 Å². The van der Waals surface area contributed by atoms with Gasteiger partial charge in [0.2, 0.25) is 0 Å². The highest BCUT2D eigenvalue weighted by Gasteiger charge is 2.33. The Kier molecular flexibility index (Phi) is 2.67. The Labute approximate surface area is 99.3 Å². The van der Waals surface area contributed by atoms with Crippen molar-refractivity contribution >= 4 is 5.69 Å². The van der Waals surface area contributed by atoms with Crippen LogP contribution in [0.3, 0.4) is 0 Å². The van der Waals surface area contributed by atoms with E-state index < -0.39 is 11.9 Å². The predicted octanol–water partition coefficient (Wildman–Crippen LogP) is 1.74. The maximum Gasteiger partial charge on any atom is 0.435 e. The fraction of sp³-hybridized carbons (Fsp3) is 0.100. The van der Waals surface area contributed by atoms with Crippen molar-refractivity contribution in [3.8, 4) is 11.9 Å². The maximum absolute atomic E-state index is 12.4. The molecular formula is C10H6F3N5. The van der Waals surface area contributed by atoms with Gasteiger partial charge in [-0.15, -0.1) is 0 Å². The summed E-state index contributed by atoms with van der Waals surface area (Å²) in [5, 5.41) is 12.1. The SMILES string of the molecule is N#Cc1ccnc(-n2ccc(C(F)(F)F)n2)c1N. The Morgan fingerprint density at radius 3 is 2.61 bits per heavy atom. The van der Waals surface area contributed by atoms with E-state index in [2.05, 4.69) is 10.1 Å². The zero-order chi connectivity index (χ0) is 13.3. The number of rotatable bonds is 1. The first-order chi connectivity index (χ1) is 8.43. The Morgan fingerprint density at radius 2 is 2.06 bits per heavy atom. The van der Waals surface area contributed by atoms with Crippen LogP contribution in [0, 0.1) is 11.3 Å². The highest BCUT2D eigenvalue weighted by Crippen LogP contribution is 2.28. The van der Waals surface area contributed by atoms with E-state index in [1.165, 1.54) is 12.3 Å². The molecule has 0 aliphatic rings. The van der Waals surface area contributed by atoms with Gasteiger partial charge in [-0.05, 0) is 12.1 Å². The first-order valence-electron chi connectivity index (χ1n) is 4.71. The largest absolute Gasteiger partial charge is 0.435 e. The molecule has 0 aliphatic heterocycles. The van der Waals surface area contributed by atoms with Crippen LogP contribution in [-0.2, 0) is 6.18 Å². The van der Waals surface area contributed by atoms with Crippen molar-refractivity contribution < 1.29 is 13.2 Å². The van der Waals surface area contributed by atoms with Gasteiger partial charge in [-0.2, -0.15) is 23.5 Å². The molecule has 0 bridgehead atoms. The number of halogens is 3. The summed E-state index contributed by atoms with van der Waals surface area (Å²) in [6.07, 6.45) is -2.17. The Bertz CT molecular complexity index is 623. The minimum absolute atomic E-state index is 0.00968. The van der Waals surface area contributed by atoms with Gasteiger partial charge in [0.15, 0.2) is 11.5 Å². The average molecular weight is 253 g/mol. The lowest BCUT2D eigenvalue weighted by Crippen LogP contribution is -2.09. The summed E-state index contributed by atoms with van der Waals surface area (Å²) in [6.45, 7) is 0. The van der Waals surface area contributed by atoms with Crippen LogP contribution in [0.15, 0.2) is 24.5 Å². The van der Waals surface area contributed by atoms with Crippen LogP contribution in [0.4, 0.5) is 18.9 Å². The summed E-state index contributed by atoms with van der Waals surface area (Å²) < 4.78 is 38.0. The highest BCUT2D eigenvalue weighted by molar-refractivity contribution is 5.62. The van der Waals surface area contributed by atoms with Crippen molar-refractivity contribution in [3.63, 3.8) is 0 Å². The number of nitrogens with zero attached hydrogens (tertiary/aromatic N) is 4. The van der Waals surface area contributed by atoms with E-state index in [1.54, 1.807) is 0 Å². The zero-order valence-electron chi connectivity index (χ0n) is 8.81. The molecule has 2 aromatic rings. The quantitative estimate of drug-likeness (QED) is 0.839. The molecule has 8 heteroatoms. The van der Waals surface area contributed by atoms with Gasteiger partial charge in [-0.3, -0.25) is 0 Å². The molecule has 2 aromatic heterocycles. The van der Waals surface area contributed by atoms with E-state index in [4.69, 9.17) is 11.0 Å². The van der Waals surface area contributed by atoms with Crippen molar-refractivity contribution in [1.29, 1.82) is 5.26 Å². The van der Waals surface area contributed by atoms with Gasteiger partial charge in [0.1, 0.15) is 6.07 Å². The molecule has 0 saturated heterocycles. The molecular weight excluding hydrogens is 247 g/mol. The minimum atomic E-state index is -4.53. The zero-order valence-corrected chi connectivity index (χ0v) is 8.81. The van der Waals surface area contributed by atoms with E-state index in [0.29, 0.717) is 0 Å². The van der Waals surface area contributed by atoms with Crippen LogP contribution in [0.25, 0.3) is 5.82 Å². The Hall–Kier alpha value is -2.56. The molecule has 0 fully saturated rings. The smallest absolute Gasteiger partial charge is 0.395 e. The molecule has 0 aromatic carbocycles. The lowest BCUT2D eigenvalue weighted by atomic mass is 10.2. The topological polar surface area (TPSA) is 80.5 Å². The van der Waals surface area contributed by atoms with Crippen molar-refractivity contribution in [2.75, 3.05) is 5.73 Å². The standard InChI is InChI=1S/C10H6F3N5/c11-10(12,13)7-2-4-18(17-7)9-8(15)6(5-14)1-3-16-9/h1-4H,15H2. The number of pyridine rings is 1. The van der Waals surface area contributed by atoms with E-state index in [9.17, 15) is 13.2 Å². The summed E-state index contributed by atoms with van der Waals surface area (Å²) in [5.74, 6) is -0.00968. The van der Waals surface area contributed by atoms with Crippen LogP contribution < -0.4 is 5.73 Å². The molecule has 0 amide bonds. The number of nitriles is 1. The minimum Gasteiger partial charge on any atom is -0.395 e. The molecule has 0 spiro atoms. The summed E-state index contributed by atoms with van der Waals surface area (Å²) in [7, 11) is 0. The molecule has 2 N–H and O–H groups in total. The first-order valence-corrected chi connectivity index (χ1v) is 4.71. The second-order valence-electron chi connectivity index (χ2n) is 3.35. The van der Waals surface area contributed by atoms with Crippen LogP contribution in [0.2, 0.25) is 0 Å². The van der Waals surface area contributed by atoms with Crippen molar-refractivity contribution in [3.05, 3.63) is 35.8 Å². The van der Waals surface area contributed by atoms with Crippen molar-refractivity contribution in [1.82, 2.24) is 14.8 Å². The summed E-state index contributed by atoms with van der Waals surface area (Å²) in [6, 6.07) is 3.99. The third-order valence-electron chi connectivity index (χ3n) is 2.19. The van der Waals surface area contributed by atoms with E-state index >= 15 is 0 Å². The lowest BCUT2D eigenvalue weighted by Gasteiger charge is -2.05. The van der Waals surface area contributed by atoms with Crippen molar-refractivity contribution in [2.24, 2.45) is 0 Å². The van der Waals surface area contributed by atoms with Gasteiger partial charge >= 0.3 is 6.18 Å². The fourth-order valence-electron chi connectivity index (χ4n) is 1.34. The van der Waals surface area contributed by atoms with Crippen molar-refractivity contribution in [2.45, 2.75) is 6.18 Å². The van der Waals surface area contributed by atoms with Gasteiger partial charge in [0, 0.05) is 12.4 Å². The second kappa shape index (κ2) is 4.03. The summed E-state index contributed by atoms with van der Waals surface area (Å²) in [4.78, 5) is 3.81. The lowest BCUT2D eigenvalue weighted by molar-refractivity contribution is -0.141. The number of nitrogen functional groups attached to an aromatic ring is 1. The molecule has 0 aliphatic carbocycles. The van der Waals surface area contributed by atoms with Crippen LogP contribution in [-0.4, -0.2) is 14.8 Å². The number of alkyl halides is 3. The molecule has 5 nitrogen and oxygen atoms in total. The number of hydrogen-bond acceptors (Lipinski definition) is 4. The Balaban J connectivity index is 2.51. The molecule has 0 atom stereocenters. The molecule has 0 radical (unpaired) electrons. The monoisotopic (exact) mass is 253 g/mol. The van der Waals surface area contributed by atoms with E-state index in [0.717, 1.165) is 16.9 Å². The normalized spacial score (nSPS) is 11.2. The first kappa shape index (κ1) is 11.9. The molecule has 0 saturated carbocycles. The van der Waals surface area contributed by atoms with E-state index in [1.807, 2.05) is 6.07 Å². The van der Waals surface area contributed by atoms with Crippen LogP contribution in [0.1, 0.15) is 11.3 Å². The third-order valence-corrected chi connectivity index (χ3v) is 2.19. The number of hydrogen-bond donors (Lipinski definition) is 1. The fourth-order valence-corrected chi connectivity index (χ4v) is 1.34. The van der Waals surface area contributed by atoms with Crippen LogP contribution >= 0.6 is 0 Å². The average Bonchev–Trinajstić information content (AvgIpc) is 2.78. The number of nitrogens with two attached hydrogens (primary N) is 1.